The third kappa shape index (κ3) is 0.726. The van der Waals surface area contributed by atoms with Crippen LogP contribution in [0.25, 0.3) is 0 Å². The third-order valence-electron chi connectivity index (χ3n) is 0.813. The van der Waals surface area contributed by atoms with Gasteiger partial charge in [-0.3, -0.25) is 4.79 Å². The van der Waals surface area contributed by atoms with Crippen LogP contribution < -0.4 is 11.1 Å². The molecule has 0 unspecified atom stereocenters. The molecule has 0 fully saturated rings. The quantitative estimate of drug-likeness (QED) is 0.454. The average molecular weight is 114 g/mol. The van der Waals surface area contributed by atoms with E-state index in [1.54, 1.807) is 0 Å². The maximum atomic E-state index is 10.2. The molecular weight excluding hydrogens is 108 g/mol. The summed E-state index contributed by atoms with van der Waals surface area (Å²) in [4.78, 5) is 10.2. The summed E-state index contributed by atoms with van der Waals surface area (Å²) in [6.45, 7) is 0.346. The first kappa shape index (κ1) is 4.96. The molecule has 0 aromatic heterocycles. The van der Waals surface area contributed by atoms with Crippen molar-refractivity contribution < 1.29 is 9.53 Å². The van der Waals surface area contributed by atoms with Crippen LogP contribution in [0.2, 0.25) is 0 Å². The summed E-state index contributed by atoms with van der Waals surface area (Å²) in [6, 6.07) is 0. The van der Waals surface area contributed by atoms with E-state index in [4.69, 9.17) is 5.73 Å². The highest BCUT2D eigenvalue weighted by Gasteiger charge is 2.07. The van der Waals surface area contributed by atoms with Crippen LogP contribution in [0.5, 0.6) is 0 Å². The zero-order valence-electron chi connectivity index (χ0n) is 4.18. The minimum Gasteiger partial charge on any atom is -0.479 e. The molecule has 1 heterocycles. The zero-order chi connectivity index (χ0) is 5.98. The van der Waals surface area contributed by atoms with E-state index in [0.29, 0.717) is 12.4 Å². The number of nitrogens with one attached hydrogen (secondary N) is 1. The van der Waals surface area contributed by atoms with E-state index in [9.17, 15) is 4.79 Å². The van der Waals surface area contributed by atoms with Crippen LogP contribution in [0, 0.1) is 0 Å². The molecule has 0 saturated carbocycles. The molecule has 1 amide bonds. The molecule has 1 rings (SSSR count). The number of ether oxygens (including phenoxy) is 1. The first-order valence-electron chi connectivity index (χ1n) is 2.16. The zero-order valence-corrected chi connectivity index (χ0v) is 4.18. The summed E-state index contributed by atoms with van der Waals surface area (Å²) in [5.41, 5.74) is 5.19. The van der Waals surface area contributed by atoms with Gasteiger partial charge < -0.3 is 15.8 Å². The van der Waals surface area contributed by atoms with Gasteiger partial charge in [0.05, 0.1) is 0 Å². The van der Waals surface area contributed by atoms with Crippen molar-refractivity contribution in [2.75, 3.05) is 6.73 Å². The van der Waals surface area contributed by atoms with Crippen LogP contribution in [-0.4, -0.2) is 12.6 Å². The van der Waals surface area contributed by atoms with Gasteiger partial charge in [0.1, 0.15) is 12.0 Å². The maximum Gasteiger partial charge on any atom is 0.268 e. The van der Waals surface area contributed by atoms with Crippen LogP contribution in [-0.2, 0) is 9.53 Å². The Bertz CT molecular complexity index is 141. The van der Waals surface area contributed by atoms with E-state index in [1.807, 2.05) is 0 Å². The van der Waals surface area contributed by atoms with Crippen LogP contribution in [0.1, 0.15) is 0 Å². The highest BCUT2D eigenvalue weighted by molar-refractivity contribution is 5.91. The second-order valence-electron chi connectivity index (χ2n) is 1.38. The van der Waals surface area contributed by atoms with E-state index in [1.165, 1.54) is 6.26 Å². The van der Waals surface area contributed by atoms with Gasteiger partial charge in [-0.2, -0.15) is 0 Å². The number of primary amides is 1. The number of amides is 1. The maximum absolute atomic E-state index is 10.2. The van der Waals surface area contributed by atoms with E-state index in [2.05, 4.69) is 10.1 Å². The number of hydrogen-bond acceptors (Lipinski definition) is 3. The van der Waals surface area contributed by atoms with Gasteiger partial charge in [0.25, 0.3) is 5.91 Å². The molecule has 0 saturated heterocycles. The molecule has 0 aliphatic carbocycles. The molecule has 0 radical (unpaired) electrons. The minimum atomic E-state index is -0.484. The molecule has 44 valence electrons. The molecule has 3 N–H and O–H groups in total. The lowest BCUT2D eigenvalue weighted by Gasteiger charge is -1.90. The number of hydrogen-bond donors (Lipinski definition) is 2. The Kier molecular flexibility index (Phi) is 1.07. The lowest BCUT2D eigenvalue weighted by atomic mass is 10.5. The van der Waals surface area contributed by atoms with Gasteiger partial charge >= 0.3 is 0 Å². The molecule has 0 spiro atoms. The van der Waals surface area contributed by atoms with Crippen LogP contribution in [0.4, 0.5) is 0 Å². The number of rotatable bonds is 1. The summed E-state index contributed by atoms with van der Waals surface area (Å²) in [6.07, 6.45) is 1.31. The fraction of sp³-hybridized carbons (Fsp3) is 0.250. The fourth-order valence-corrected chi connectivity index (χ4v) is 0.431. The Balaban J connectivity index is 2.57. The van der Waals surface area contributed by atoms with Crippen molar-refractivity contribution in [1.82, 2.24) is 5.32 Å². The van der Waals surface area contributed by atoms with E-state index in [0.717, 1.165) is 0 Å². The Labute approximate surface area is 46.3 Å². The molecule has 0 bridgehead atoms. The molecule has 0 atom stereocenters. The predicted octanol–water partition coefficient (Wildman–Crippen LogP) is -1.11. The standard InChI is InChI=1S/C4H6N2O2/c5-4(7)3-1-8-2-6-3/h1,6H,2H2,(H2,5,7). The van der Waals surface area contributed by atoms with E-state index >= 15 is 0 Å². The fourth-order valence-electron chi connectivity index (χ4n) is 0.431. The normalized spacial score (nSPS) is 16.2. The molecule has 1 aliphatic heterocycles. The number of nitrogens with two attached hydrogens (primary N) is 1. The number of carbonyl (C=O) groups excluding carboxylic acids is 1. The summed E-state index contributed by atoms with van der Waals surface area (Å²) in [5.74, 6) is -0.484. The first-order valence-corrected chi connectivity index (χ1v) is 2.16. The summed E-state index contributed by atoms with van der Waals surface area (Å²) in [5, 5.41) is 2.62. The first-order chi connectivity index (χ1) is 3.80. The van der Waals surface area contributed by atoms with Gasteiger partial charge in [0.15, 0.2) is 6.73 Å². The van der Waals surface area contributed by atoms with Gasteiger partial charge in [0.2, 0.25) is 0 Å². The smallest absolute Gasteiger partial charge is 0.268 e. The molecular formula is C4H6N2O2. The second kappa shape index (κ2) is 1.73. The SMILES string of the molecule is NC(=O)C1=COCN1. The second-order valence-corrected chi connectivity index (χ2v) is 1.38. The Morgan fingerprint density at radius 1 is 2.00 bits per heavy atom. The highest BCUT2D eigenvalue weighted by Crippen LogP contribution is 1.94. The van der Waals surface area contributed by atoms with Crippen LogP contribution in [0.15, 0.2) is 12.0 Å². The Hall–Kier alpha value is -1.19. The minimum absolute atomic E-state index is 0.338. The van der Waals surface area contributed by atoms with Gasteiger partial charge in [-0.05, 0) is 0 Å². The van der Waals surface area contributed by atoms with Crippen LogP contribution in [0.3, 0.4) is 0 Å². The third-order valence-corrected chi connectivity index (χ3v) is 0.813. The Morgan fingerprint density at radius 3 is 3.00 bits per heavy atom. The van der Waals surface area contributed by atoms with Crippen molar-refractivity contribution in [3.8, 4) is 0 Å². The van der Waals surface area contributed by atoms with Crippen LogP contribution >= 0.6 is 0 Å². The van der Waals surface area contributed by atoms with Gasteiger partial charge in [-0.15, -0.1) is 0 Å². The van der Waals surface area contributed by atoms with Crippen molar-refractivity contribution >= 4 is 5.91 Å². The van der Waals surface area contributed by atoms with Gasteiger partial charge in [0, 0.05) is 0 Å². The monoisotopic (exact) mass is 114 g/mol. The van der Waals surface area contributed by atoms with E-state index < -0.39 is 5.91 Å². The van der Waals surface area contributed by atoms with E-state index in [-0.39, 0.29) is 0 Å². The van der Waals surface area contributed by atoms with Crippen molar-refractivity contribution in [2.24, 2.45) is 5.73 Å². The molecule has 0 aromatic carbocycles. The summed E-state index contributed by atoms with van der Waals surface area (Å²) < 4.78 is 4.64. The largest absolute Gasteiger partial charge is 0.479 e. The van der Waals surface area contributed by atoms with Crippen molar-refractivity contribution in [3.63, 3.8) is 0 Å². The van der Waals surface area contributed by atoms with Crippen molar-refractivity contribution in [3.05, 3.63) is 12.0 Å². The van der Waals surface area contributed by atoms with Gasteiger partial charge in [-0.1, -0.05) is 0 Å². The predicted molar refractivity (Wildman–Crippen MR) is 26.4 cm³/mol. The average Bonchev–Trinajstić information content (AvgIpc) is 2.12. The molecule has 4 nitrogen and oxygen atoms in total. The topological polar surface area (TPSA) is 64.4 Å². The molecule has 0 aromatic rings. The van der Waals surface area contributed by atoms with Gasteiger partial charge in [-0.25, -0.2) is 0 Å². The lowest BCUT2D eigenvalue weighted by Crippen LogP contribution is -2.22. The molecule has 4 heteroatoms. The van der Waals surface area contributed by atoms with Crippen molar-refractivity contribution in [2.45, 2.75) is 0 Å². The highest BCUT2D eigenvalue weighted by atomic mass is 16.5. The molecule has 1 aliphatic rings. The summed E-state index contributed by atoms with van der Waals surface area (Å²) >= 11 is 0. The molecule has 8 heavy (non-hydrogen) atoms. The number of carbonyl (C=O) groups is 1. The summed E-state index contributed by atoms with van der Waals surface area (Å²) in [7, 11) is 0. The Morgan fingerprint density at radius 2 is 2.75 bits per heavy atom. The van der Waals surface area contributed by atoms with Crippen molar-refractivity contribution in [1.29, 1.82) is 0 Å². The lowest BCUT2D eigenvalue weighted by molar-refractivity contribution is -0.114.